The predicted molar refractivity (Wildman–Crippen MR) is 80.5 cm³/mol. The van der Waals surface area contributed by atoms with E-state index >= 15 is 0 Å². The average molecular weight is 266 g/mol. The molecule has 0 saturated heterocycles. The molecule has 1 aliphatic carbocycles. The molecule has 20 heavy (non-hydrogen) atoms. The first kappa shape index (κ1) is 12.8. The van der Waals surface area contributed by atoms with Gasteiger partial charge in [-0.15, -0.1) is 0 Å². The van der Waals surface area contributed by atoms with Gasteiger partial charge in [-0.2, -0.15) is 0 Å². The lowest BCUT2D eigenvalue weighted by molar-refractivity contribution is 0.777. The summed E-state index contributed by atoms with van der Waals surface area (Å²) in [5, 5.41) is 3.52. The highest BCUT2D eigenvalue weighted by molar-refractivity contribution is 5.56. The van der Waals surface area contributed by atoms with E-state index in [2.05, 4.69) is 39.3 Å². The van der Waals surface area contributed by atoms with Gasteiger partial charge >= 0.3 is 0 Å². The van der Waals surface area contributed by atoms with Gasteiger partial charge in [0.1, 0.15) is 11.5 Å². The molecule has 0 aromatic carbocycles. The molecule has 1 N–H and O–H groups in total. The smallest absolute Gasteiger partial charge is 0.180 e. The van der Waals surface area contributed by atoms with Crippen LogP contribution >= 0.6 is 0 Å². The third-order valence-corrected chi connectivity index (χ3v) is 3.63. The maximum absolute atomic E-state index is 4.65. The molecule has 4 nitrogen and oxygen atoms in total. The summed E-state index contributed by atoms with van der Waals surface area (Å²) in [5.41, 5.74) is 2.91. The monoisotopic (exact) mass is 266 g/mol. The van der Waals surface area contributed by atoms with Crippen LogP contribution in [-0.4, -0.2) is 21.0 Å². The van der Waals surface area contributed by atoms with Crippen molar-refractivity contribution in [3.05, 3.63) is 47.8 Å². The van der Waals surface area contributed by atoms with Crippen molar-refractivity contribution in [2.45, 2.75) is 32.7 Å². The fourth-order valence-corrected chi connectivity index (χ4v) is 2.31. The topological polar surface area (TPSA) is 50.7 Å². The van der Waals surface area contributed by atoms with Crippen molar-refractivity contribution in [2.24, 2.45) is 0 Å². The van der Waals surface area contributed by atoms with Gasteiger partial charge in [0.15, 0.2) is 5.82 Å². The van der Waals surface area contributed by atoms with Crippen LogP contribution in [0.4, 0.5) is 5.82 Å². The highest BCUT2D eigenvalue weighted by Crippen LogP contribution is 2.23. The zero-order chi connectivity index (χ0) is 13.9. The van der Waals surface area contributed by atoms with Crippen LogP contribution in [0, 0.1) is 13.8 Å². The molecule has 0 spiro atoms. The molecule has 0 amide bonds. The van der Waals surface area contributed by atoms with Gasteiger partial charge in [-0.3, -0.25) is 4.98 Å². The lowest BCUT2D eigenvalue weighted by atomic mass is 10.2. The number of rotatable bonds is 3. The Bertz CT molecular complexity index is 626. The Labute approximate surface area is 119 Å². The minimum absolute atomic E-state index is 0.444. The van der Waals surface area contributed by atoms with E-state index in [-0.39, 0.29) is 0 Å². The van der Waals surface area contributed by atoms with E-state index in [1.807, 2.05) is 25.1 Å². The Hall–Kier alpha value is -2.23. The number of nitrogens with one attached hydrogen (secondary N) is 1. The fraction of sp³-hybridized carbons (Fsp3) is 0.312. The first-order valence-corrected chi connectivity index (χ1v) is 6.92. The van der Waals surface area contributed by atoms with E-state index in [4.69, 9.17) is 0 Å². The van der Waals surface area contributed by atoms with E-state index < -0.39 is 0 Å². The third-order valence-electron chi connectivity index (χ3n) is 3.63. The summed E-state index contributed by atoms with van der Waals surface area (Å²) in [5.74, 6) is 1.61. The normalized spacial score (nSPS) is 14.7. The molecule has 2 heterocycles. The maximum atomic E-state index is 4.65. The second-order valence-corrected chi connectivity index (χ2v) is 5.11. The molecule has 102 valence electrons. The van der Waals surface area contributed by atoms with Crippen molar-refractivity contribution in [3.8, 4) is 11.5 Å². The molecular weight excluding hydrogens is 248 g/mol. The van der Waals surface area contributed by atoms with Crippen LogP contribution in [0.5, 0.6) is 0 Å². The number of hydrogen-bond acceptors (Lipinski definition) is 4. The van der Waals surface area contributed by atoms with Gasteiger partial charge in [-0.1, -0.05) is 18.2 Å². The summed E-state index contributed by atoms with van der Waals surface area (Å²) in [4.78, 5) is 13.5. The minimum atomic E-state index is 0.444. The number of anilines is 1. The summed E-state index contributed by atoms with van der Waals surface area (Å²) in [7, 11) is 0. The van der Waals surface area contributed by atoms with E-state index in [1.54, 1.807) is 6.20 Å². The van der Waals surface area contributed by atoms with Gasteiger partial charge in [-0.05, 0) is 38.8 Å². The van der Waals surface area contributed by atoms with Crippen molar-refractivity contribution >= 4 is 5.82 Å². The van der Waals surface area contributed by atoms with E-state index in [0.29, 0.717) is 11.9 Å². The first-order valence-electron chi connectivity index (χ1n) is 6.92. The van der Waals surface area contributed by atoms with Crippen LogP contribution in [0.2, 0.25) is 0 Å². The molecule has 1 aliphatic rings. The molecule has 0 atom stereocenters. The Kier molecular flexibility index (Phi) is 3.46. The lowest BCUT2D eigenvalue weighted by Crippen LogP contribution is -2.18. The van der Waals surface area contributed by atoms with Crippen LogP contribution in [0.1, 0.15) is 24.1 Å². The van der Waals surface area contributed by atoms with Crippen LogP contribution in [0.25, 0.3) is 11.5 Å². The van der Waals surface area contributed by atoms with Crippen molar-refractivity contribution in [1.29, 1.82) is 0 Å². The van der Waals surface area contributed by atoms with E-state index in [0.717, 1.165) is 35.6 Å². The molecule has 0 bridgehead atoms. The Morgan fingerprint density at radius 1 is 1.10 bits per heavy atom. The van der Waals surface area contributed by atoms with Crippen molar-refractivity contribution in [2.75, 3.05) is 5.32 Å². The van der Waals surface area contributed by atoms with Gasteiger partial charge in [0.2, 0.25) is 0 Å². The van der Waals surface area contributed by atoms with Crippen molar-refractivity contribution in [1.82, 2.24) is 15.0 Å². The quantitative estimate of drug-likeness (QED) is 0.866. The molecule has 2 aromatic heterocycles. The average Bonchev–Trinajstić information content (AvgIpc) is 2.97. The predicted octanol–water partition coefficient (Wildman–Crippen LogP) is 3.29. The fourth-order valence-electron chi connectivity index (χ4n) is 2.31. The molecule has 0 radical (unpaired) electrons. The number of aryl methyl sites for hydroxylation is 1. The van der Waals surface area contributed by atoms with Gasteiger partial charge in [-0.25, -0.2) is 9.97 Å². The highest BCUT2D eigenvalue weighted by Gasteiger charge is 2.15. The Morgan fingerprint density at radius 3 is 2.60 bits per heavy atom. The summed E-state index contributed by atoms with van der Waals surface area (Å²) < 4.78 is 0. The SMILES string of the molecule is Cc1nc(-c2ccccn2)nc(NC2CC=CC2)c1C. The molecule has 0 aliphatic heterocycles. The van der Waals surface area contributed by atoms with Gasteiger partial charge in [0.05, 0.1) is 0 Å². The number of hydrogen-bond donors (Lipinski definition) is 1. The standard InChI is InChI=1S/C16H18N4/c1-11-12(2)18-16(14-9-5-6-10-17-14)20-15(11)19-13-7-3-4-8-13/h3-6,9-10,13H,7-8H2,1-2H3,(H,18,19,20). The van der Waals surface area contributed by atoms with Gasteiger partial charge in [0, 0.05) is 23.5 Å². The highest BCUT2D eigenvalue weighted by atomic mass is 15.1. The molecule has 2 aromatic rings. The molecular formula is C16H18N4. The Balaban J connectivity index is 1.95. The molecule has 0 saturated carbocycles. The Morgan fingerprint density at radius 2 is 1.90 bits per heavy atom. The molecule has 4 heteroatoms. The van der Waals surface area contributed by atoms with Gasteiger partial charge in [0.25, 0.3) is 0 Å². The van der Waals surface area contributed by atoms with Gasteiger partial charge < -0.3 is 5.32 Å². The summed E-state index contributed by atoms with van der Waals surface area (Å²) in [6.45, 7) is 4.07. The van der Waals surface area contributed by atoms with Crippen LogP contribution in [0.3, 0.4) is 0 Å². The lowest BCUT2D eigenvalue weighted by Gasteiger charge is -2.16. The van der Waals surface area contributed by atoms with Crippen LogP contribution in [0.15, 0.2) is 36.5 Å². The number of pyridine rings is 1. The summed E-state index contributed by atoms with van der Waals surface area (Å²) >= 11 is 0. The zero-order valence-corrected chi connectivity index (χ0v) is 11.8. The van der Waals surface area contributed by atoms with Crippen molar-refractivity contribution < 1.29 is 0 Å². The summed E-state index contributed by atoms with van der Waals surface area (Å²) in [6.07, 6.45) is 8.30. The second kappa shape index (κ2) is 5.41. The molecule has 0 fully saturated rings. The minimum Gasteiger partial charge on any atom is -0.366 e. The van der Waals surface area contributed by atoms with E-state index in [9.17, 15) is 0 Å². The zero-order valence-electron chi connectivity index (χ0n) is 11.8. The maximum Gasteiger partial charge on any atom is 0.180 e. The third kappa shape index (κ3) is 2.54. The first-order chi connectivity index (χ1) is 9.74. The largest absolute Gasteiger partial charge is 0.366 e. The summed E-state index contributed by atoms with van der Waals surface area (Å²) in [6, 6.07) is 6.23. The number of nitrogens with zero attached hydrogens (tertiary/aromatic N) is 3. The molecule has 0 unspecified atom stereocenters. The van der Waals surface area contributed by atoms with E-state index in [1.165, 1.54) is 0 Å². The van der Waals surface area contributed by atoms with Crippen LogP contribution < -0.4 is 5.32 Å². The number of aromatic nitrogens is 3. The van der Waals surface area contributed by atoms with Crippen LogP contribution in [-0.2, 0) is 0 Å². The molecule has 3 rings (SSSR count). The second-order valence-electron chi connectivity index (χ2n) is 5.11. The van der Waals surface area contributed by atoms with Crippen molar-refractivity contribution in [3.63, 3.8) is 0 Å².